The fourth-order valence-electron chi connectivity index (χ4n) is 2.00. The van der Waals surface area contributed by atoms with Gasteiger partial charge < -0.3 is 15.3 Å². The van der Waals surface area contributed by atoms with E-state index in [9.17, 15) is 15.3 Å². The van der Waals surface area contributed by atoms with Gasteiger partial charge in [-0.2, -0.15) is 0 Å². The summed E-state index contributed by atoms with van der Waals surface area (Å²) in [6, 6.07) is 4.98. The van der Waals surface area contributed by atoms with Crippen molar-refractivity contribution in [1.82, 2.24) is 0 Å². The molecule has 0 bridgehead atoms. The lowest BCUT2D eigenvalue weighted by Gasteiger charge is -2.15. The average Bonchev–Trinajstić information content (AvgIpc) is 2.34. The normalized spacial score (nSPS) is 12.6. The molecule has 17 heavy (non-hydrogen) atoms. The van der Waals surface area contributed by atoms with Crippen LogP contribution < -0.4 is 0 Å². The number of rotatable bonds is 7. The minimum atomic E-state index is -0.596. The summed E-state index contributed by atoms with van der Waals surface area (Å²) in [6.07, 6.45) is 4.51. The molecule has 0 aromatic heterocycles. The molecular formula is C14H22O3. The number of unbranched alkanes of at least 4 members (excludes halogenated alkanes) is 3. The van der Waals surface area contributed by atoms with Gasteiger partial charge >= 0.3 is 0 Å². The summed E-state index contributed by atoms with van der Waals surface area (Å²) >= 11 is 0. The molecule has 1 rings (SSSR count). The molecule has 0 aliphatic heterocycles. The SMILES string of the molecule is CCCCCC[C@@H](O)c1cccc(O)c1CO. The van der Waals surface area contributed by atoms with Crippen LogP contribution in [-0.2, 0) is 6.61 Å². The van der Waals surface area contributed by atoms with Gasteiger partial charge in [0.25, 0.3) is 0 Å². The third-order valence-electron chi connectivity index (χ3n) is 3.04. The Labute approximate surface area is 103 Å². The van der Waals surface area contributed by atoms with Crippen LogP contribution in [0.2, 0.25) is 0 Å². The van der Waals surface area contributed by atoms with E-state index in [1.165, 1.54) is 18.9 Å². The highest BCUT2D eigenvalue weighted by atomic mass is 16.3. The molecule has 0 heterocycles. The summed E-state index contributed by atoms with van der Waals surface area (Å²) in [5.74, 6) is 0.0533. The Morgan fingerprint density at radius 1 is 1.18 bits per heavy atom. The Balaban J connectivity index is 2.61. The fourth-order valence-corrected chi connectivity index (χ4v) is 2.00. The number of hydrogen-bond donors (Lipinski definition) is 3. The molecule has 3 heteroatoms. The number of aromatic hydroxyl groups is 1. The molecular weight excluding hydrogens is 216 g/mol. The summed E-state index contributed by atoms with van der Waals surface area (Å²) < 4.78 is 0. The van der Waals surface area contributed by atoms with Gasteiger partial charge in [0, 0.05) is 5.56 Å². The summed E-state index contributed by atoms with van der Waals surface area (Å²) in [5.41, 5.74) is 1.08. The number of benzene rings is 1. The minimum absolute atomic E-state index is 0.0533. The van der Waals surface area contributed by atoms with Gasteiger partial charge in [-0.3, -0.25) is 0 Å². The van der Waals surface area contributed by atoms with Crippen LogP contribution in [0.25, 0.3) is 0 Å². The maximum absolute atomic E-state index is 10.0. The molecule has 1 aromatic carbocycles. The standard InChI is InChI=1S/C14H22O3/c1-2-3-4-5-8-13(16)11-7-6-9-14(17)12(11)10-15/h6-7,9,13,15-17H,2-5,8,10H2,1H3/t13-/m1/s1. The predicted octanol–water partition coefficient (Wildman–Crippen LogP) is 2.89. The van der Waals surface area contributed by atoms with E-state index in [4.69, 9.17) is 0 Å². The van der Waals surface area contributed by atoms with Crippen LogP contribution >= 0.6 is 0 Å². The monoisotopic (exact) mass is 238 g/mol. The van der Waals surface area contributed by atoms with Crippen LogP contribution in [0.3, 0.4) is 0 Å². The van der Waals surface area contributed by atoms with Gasteiger partial charge in [-0.15, -0.1) is 0 Å². The van der Waals surface area contributed by atoms with E-state index in [1.807, 2.05) is 0 Å². The van der Waals surface area contributed by atoms with Crippen LogP contribution in [0.5, 0.6) is 5.75 Å². The first kappa shape index (κ1) is 14.0. The average molecular weight is 238 g/mol. The Kier molecular flexibility index (Phi) is 6.01. The highest BCUT2D eigenvalue weighted by Gasteiger charge is 2.14. The molecule has 0 unspecified atom stereocenters. The number of aliphatic hydroxyl groups excluding tert-OH is 2. The van der Waals surface area contributed by atoms with E-state index < -0.39 is 6.10 Å². The second kappa shape index (κ2) is 7.30. The van der Waals surface area contributed by atoms with Crippen molar-refractivity contribution in [2.45, 2.75) is 51.7 Å². The Hall–Kier alpha value is -1.06. The Morgan fingerprint density at radius 2 is 1.94 bits per heavy atom. The number of phenols is 1. The molecule has 0 fully saturated rings. The van der Waals surface area contributed by atoms with Crippen molar-refractivity contribution in [3.8, 4) is 5.75 Å². The maximum Gasteiger partial charge on any atom is 0.121 e. The second-order valence-corrected chi connectivity index (χ2v) is 4.37. The molecule has 96 valence electrons. The van der Waals surface area contributed by atoms with Crippen LogP contribution in [0.4, 0.5) is 0 Å². The van der Waals surface area contributed by atoms with Crippen molar-refractivity contribution in [1.29, 1.82) is 0 Å². The zero-order valence-corrected chi connectivity index (χ0v) is 10.4. The highest BCUT2D eigenvalue weighted by molar-refractivity contribution is 5.39. The Bertz CT molecular complexity index is 336. The van der Waals surface area contributed by atoms with Crippen LogP contribution in [0, 0.1) is 0 Å². The van der Waals surface area contributed by atoms with Gasteiger partial charge in [-0.05, 0) is 18.1 Å². The van der Waals surface area contributed by atoms with E-state index in [1.54, 1.807) is 12.1 Å². The third kappa shape index (κ3) is 4.02. The quantitative estimate of drug-likeness (QED) is 0.640. The first-order valence-electron chi connectivity index (χ1n) is 6.30. The third-order valence-corrected chi connectivity index (χ3v) is 3.04. The topological polar surface area (TPSA) is 60.7 Å². The lowest BCUT2D eigenvalue weighted by atomic mass is 9.97. The first-order valence-corrected chi connectivity index (χ1v) is 6.30. The van der Waals surface area contributed by atoms with E-state index >= 15 is 0 Å². The highest BCUT2D eigenvalue weighted by Crippen LogP contribution is 2.28. The van der Waals surface area contributed by atoms with E-state index in [2.05, 4.69) is 6.92 Å². The molecule has 1 atom stereocenters. The zero-order valence-electron chi connectivity index (χ0n) is 10.4. The van der Waals surface area contributed by atoms with Gasteiger partial charge in [0.05, 0.1) is 12.7 Å². The summed E-state index contributed by atoms with van der Waals surface area (Å²) in [5, 5.41) is 28.8. The minimum Gasteiger partial charge on any atom is -0.508 e. The molecule has 0 aliphatic rings. The molecule has 0 saturated heterocycles. The van der Waals surface area contributed by atoms with Crippen molar-refractivity contribution in [3.63, 3.8) is 0 Å². The zero-order chi connectivity index (χ0) is 12.7. The lowest BCUT2D eigenvalue weighted by molar-refractivity contribution is 0.158. The van der Waals surface area contributed by atoms with Gasteiger partial charge in [-0.25, -0.2) is 0 Å². The van der Waals surface area contributed by atoms with E-state index in [-0.39, 0.29) is 12.4 Å². The largest absolute Gasteiger partial charge is 0.508 e. The van der Waals surface area contributed by atoms with Gasteiger partial charge in [-0.1, -0.05) is 44.7 Å². The van der Waals surface area contributed by atoms with Crippen LogP contribution in [-0.4, -0.2) is 15.3 Å². The van der Waals surface area contributed by atoms with Gasteiger partial charge in [0.2, 0.25) is 0 Å². The molecule has 0 spiro atoms. The summed E-state index contributed by atoms with van der Waals surface area (Å²) in [7, 11) is 0. The fraction of sp³-hybridized carbons (Fsp3) is 0.571. The smallest absolute Gasteiger partial charge is 0.121 e. The molecule has 0 saturated carbocycles. The molecule has 3 nitrogen and oxygen atoms in total. The second-order valence-electron chi connectivity index (χ2n) is 4.37. The van der Waals surface area contributed by atoms with Crippen LogP contribution in [0.1, 0.15) is 56.3 Å². The first-order chi connectivity index (χ1) is 8.20. The molecule has 1 aromatic rings. The van der Waals surface area contributed by atoms with Crippen molar-refractivity contribution in [3.05, 3.63) is 29.3 Å². The van der Waals surface area contributed by atoms with Crippen LogP contribution in [0.15, 0.2) is 18.2 Å². The summed E-state index contributed by atoms with van der Waals surface area (Å²) in [4.78, 5) is 0. The predicted molar refractivity (Wildman–Crippen MR) is 67.7 cm³/mol. The molecule has 0 amide bonds. The van der Waals surface area contributed by atoms with Gasteiger partial charge in [0.1, 0.15) is 5.75 Å². The van der Waals surface area contributed by atoms with E-state index in [0.29, 0.717) is 17.5 Å². The maximum atomic E-state index is 10.0. The number of aliphatic hydroxyl groups is 2. The van der Waals surface area contributed by atoms with Gasteiger partial charge in [0.15, 0.2) is 0 Å². The lowest BCUT2D eigenvalue weighted by Crippen LogP contribution is -2.02. The summed E-state index contributed by atoms with van der Waals surface area (Å²) in [6.45, 7) is 1.91. The molecule has 3 N–H and O–H groups in total. The molecule has 0 radical (unpaired) electrons. The Morgan fingerprint density at radius 3 is 2.59 bits per heavy atom. The van der Waals surface area contributed by atoms with Crippen molar-refractivity contribution < 1.29 is 15.3 Å². The van der Waals surface area contributed by atoms with Crippen molar-refractivity contribution in [2.24, 2.45) is 0 Å². The van der Waals surface area contributed by atoms with Crippen molar-refractivity contribution in [2.75, 3.05) is 0 Å². The van der Waals surface area contributed by atoms with E-state index in [0.717, 1.165) is 12.8 Å². The van der Waals surface area contributed by atoms with Crippen molar-refractivity contribution >= 4 is 0 Å². The number of hydrogen-bond acceptors (Lipinski definition) is 3. The molecule has 0 aliphatic carbocycles.